The van der Waals surface area contributed by atoms with Crippen LogP contribution >= 0.6 is 23.2 Å². The molecule has 1 atom stereocenters. The van der Waals surface area contributed by atoms with Crippen LogP contribution in [0.5, 0.6) is 11.5 Å². The number of hydrogen-bond donors (Lipinski definition) is 1. The SMILES string of the molecule is COc1cc(CNC(C)CCc2ccccc2)ccc1OCc1c(Cl)cccc1Cl. The van der Waals surface area contributed by atoms with Gasteiger partial charge in [0.05, 0.1) is 7.11 Å². The molecule has 0 bridgehead atoms. The summed E-state index contributed by atoms with van der Waals surface area (Å²) in [7, 11) is 1.64. The quantitative estimate of drug-likeness (QED) is 0.378. The summed E-state index contributed by atoms with van der Waals surface area (Å²) >= 11 is 12.5. The molecule has 0 aliphatic carbocycles. The van der Waals surface area contributed by atoms with Crippen molar-refractivity contribution in [1.82, 2.24) is 5.32 Å². The first-order valence-corrected chi connectivity index (χ1v) is 10.8. The van der Waals surface area contributed by atoms with Gasteiger partial charge in [0.2, 0.25) is 0 Å². The fourth-order valence-electron chi connectivity index (χ4n) is 3.18. The smallest absolute Gasteiger partial charge is 0.161 e. The van der Waals surface area contributed by atoms with E-state index in [1.165, 1.54) is 5.56 Å². The number of halogens is 2. The number of methoxy groups -OCH3 is 1. The highest BCUT2D eigenvalue weighted by molar-refractivity contribution is 6.35. The van der Waals surface area contributed by atoms with Gasteiger partial charge in [0.1, 0.15) is 6.61 Å². The van der Waals surface area contributed by atoms with Crippen molar-refractivity contribution in [2.45, 2.75) is 39.0 Å². The highest BCUT2D eigenvalue weighted by Crippen LogP contribution is 2.31. The lowest BCUT2D eigenvalue weighted by Crippen LogP contribution is -2.26. The van der Waals surface area contributed by atoms with E-state index in [0.29, 0.717) is 27.6 Å². The van der Waals surface area contributed by atoms with Gasteiger partial charge in [-0.2, -0.15) is 0 Å². The second-order valence-corrected chi connectivity index (χ2v) is 8.09. The molecule has 0 fully saturated rings. The van der Waals surface area contributed by atoms with Crippen molar-refractivity contribution < 1.29 is 9.47 Å². The van der Waals surface area contributed by atoms with Crippen molar-refractivity contribution in [3.8, 4) is 11.5 Å². The maximum absolute atomic E-state index is 6.23. The van der Waals surface area contributed by atoms with Gasteiger partial charge in [-0.25, -0.2) is 0 Å². The Morgan fingerprint density at radius 1 is 0.867 bits per heavy atom. The van der Waals surface area contributed by atoms with Crippen LogP contribution in [-0.2, 0) is 19.6 Å². The van der Waals surface area contributed by atoms with Crippen LogP contribution < -0.4 is 14.8 Å². The van der Waals surface area contributed by atoms with Crippen molar-refractivity contribution in [1.29, 1.82) is 0 Å². The van der Waals surface area contributed by atoms with Gasteiger partial charge in [0.15, 0.2) is 11.5 Å². The molecule has 0 saturated heterocycles. The average Bonchev–Trinajstić information content (AvgIpc) is 2.77. The molecule has 0 amide bonds. The molecule has 30 heavy (non-hydrogen) atoms. The summed E-state index contributed by atoms with van der Waals surface area (Å²) in [5.41, 5.74) is 3.27. The second-order valence-electron chi connectivity index (χ2n) is 7.28. The Bertz CT molecular complexity index is 927. The number of ether oxygens (including phenoxy) is 2. The van der Waals surface area contributed by atoms with Gasteiger partial charge in [-0.05, 0) is 55.2 Å². The highest BCUT2D eigenvalue weighted by Gasteiger charge is 2.11. The zero-order valence-corrected chi connectivity index (χ0v) is 18.8. The molecule has 0 spiro atoms. The van der Waals surface area contributed by atoms with E-state index in [1.54, 1.807) is 19.2 Å². The Hall–Kier alpha value is -2.20. The van der Waals surface area contributed by atoms with E-state index in [-0.39, 0.29) is 6.61 Å². The van der Waals surface area contributed by atoms with Crippen LogP contribution in [0.4, 0.5) is 0 Å². The Kier molecular flexibility index (Phi) is 8.44. The summed E-state index contributed by atoms with van der Waals surface area (Å²) < 4.78 is 11.5. The van der Waals surface area contributed by atoms with Gasteiger partial charge in [0.25, 0.3) is 0 Å². The highest BCUT2D eigenvalue weighted by atomic mass is 35.5. The first kappa shape index (κ1) is 22.5. The van der Waals surface area contributed by atoms with Crippen LogP contribution in [0.3, 0.4) is 0 Å². The Morgan fingerprint density at radius 2 is 1.60 bits per heavy atom. The summed E-state index contributed by atoms with van der Waals surface area (Å²) in [4.78, 5) is 0. The molecule has 0 aromatic heterocycles. The maximum atomic E-state index is 6.23. The van der Waals surface area contributed by atoms with E-state index in [9.17, 15) is 0 Å². The number of benzene rings is 3. The number of aryl methyl sites for hydroxylation is 1. The molecule has 1 N–H and O–H groups in total. The van der Waals surface area contributed by atoms with E-state index in [4.69, 9.17) is 32.7 Å². The predicted molar refractivity (Wildman–Crippen MR) is 125 cm³/mol. The van der Waals surface area contributed by atoms with Crippen LogP contribution in [-0.4, -0.2) is 13.2 Å². The summed E-state index contributed by atoms with van der Waals surface area (Å²) in [5, 5.41) is 4.76. The first-order chi connectivity index (χ1) is 14.6. The second kappa shape index (κ2) is 11.3. The van der Waals surface area contributed by atoms with Crippen LogP contribution in [0.15, 0.2) is 66.7 Å². The van der Waals surface area contributed by atoms with Crippen LogP contribution in [0.1, 0.15) is 30.0 Å². The summed E-state index contributed by atoms with van der Waals surface area (Å²) in [6, 6.07) is 22.4. The fourth-order valence-corrected chi connectivity index (χ4v) is 3.69. The molecule has 3 nitrogen and oxygen atoms in total. The lowest BCUT2D eigenvalue weighted by Gasteiger charge is -2.16. The summed E-state index contributed by atoms with van der Waals surface area (Å²) in [5.74, 6) is 1.35. The molecule has 0 aliphatic heterocycles. The van der Waals surface area contributed by atoms with E-state index in [1.807, 2.05) is 24.3 Å². The summed E-state index contributed by atoms with van der Waals surface area (Å²) in [6.45, 7) is 3.26. The number of rotatable bonds is 10. The molecule has 5 heteroatoms. The first-order valence-electron chi connectivity index (χ1n) is 10.1. The molecule has 0 radical (unpaired) electrons. The number of hydrogen-bond acceptors (Lipinski definition) is 3. The zero-order valence-electron chi connectivity index (χ0n) is 17.3. The van der Waals surface area contributed by atoms with E-state index >= 15 is 0 Å². The molecule has 3 aromatic rings. The van der Waals surface area contributed by atoms with Gasteiger partial charge < -0.3 is 14.8 Å². The van der Waals surface area contributed by atoms with Crippen LogP contribution in [0.2, 0.25) is 10.0 Å². The van der Waals surface area contributed by atoms with Gasteiger partial charge in [-0.3, -0.25) is 0 Å². The van der Waals surface area contributed by atoms with Crippen molar-refractivity contribution in [2.75, 3.05) is 7.11 Å². The monoisotopic (exact) mass is 443 g/mol. The lowest BCUT2D eigenvalue weighted by atomic mass is 10.1. The molecular formula is C25H27Cl2NO2. The van der Waals surface area contributed by atoms with Crippen molar-refractivity contribution in [3.63, 3.8) is 0 Å². The molecule has 0 heterocycles. The molecule has 3 rings (SSSR count). The maximum Gasteiger partial charge on any atom is 0.161 e. The predicted octanol–water partition coefficient (Wildman–Crippen LogP) is 6.69. The Morgan fingerprint density at radius 3 is 2.30 bits per heavy atom. The molecular weight excluding hydrogens is 417 g/mol. The van der Waals surface area contributed by atoms with Crippen molar-refractivity contribution in [3.05, 3.63) is 93.5 Å². The standard InChI is InChI=1S/C25H27Cl2NO2/c1-18(11-12-19-7-4-3-5-8-19)28-16-20-13-14-24(25(15-20)29-2)30-17-21-22(26)9-6-10-23(21)27/h3-10,13-15,18,28H,11-12,16-17H2,1-2H3. The minimum Gasteiger partial charge on any atom is -0.493 e. The minimum absolute atomic E-state index is 0.281. The fraction of sp³-hybridized carbons (Fsp3) is 0.280. The summed E-state index contributed by atoms with van der Waals surface area (Å²) in [6.07, 6.45) is 2.15. The largest absolute Gasteiger partial charge is 0.493 e. The van der Waals surface area contributed by atoms with Crippen molar-refractivity contribution >= 4 is 23.2 Å². The van der Waals surface area contributed by atoms with Gasteiger partial charge in [-0.15, -0.1) is 0 Å². The van der Waals surface area contributed by atoms with Crippen LogP contribution in [0.25, 0.3) is 0 Å². The third-order valence-electron chi connectivity index (χ3n) is 5.03. The van der Waals surface area contributed by atoms with Crippen LogP contribution in [0, 0.1) is 0 Å². The van der Waals surface area contributed by atoms with Gasteiger partial charge in [-0.1, -0.05) is 65.7 Å². The van der Waals surface area contributed by atoms with E-state index in [2.05, 4.69) is 42.6 Å². The van der Waals surface area contributed by atoms with E-state index in [0.717, 1.165) is 30.5 Å². The molecule has 0 aliphatic rings. The lowest BCUT2D eigenvalue weighted by molar-refractivity contribution is 0.284. The third-order valence-corrected chi connectivity index (χ3v) is 5.73. The normalized spacial score (nSPS) is 11.9. The van der Waals surface area contributed by atoms with Gasteiger partial charge in [0, 0.05) is 28.2 Å². The minimum atomic E-state index is 0.281. The topological polar surface area (TPSA) is 30.5 Å². The third kappa shape index (κ3) is 6.40. The Balaban J connectivity index is 1.54. The molecule has 158 valence electrons. The molecule has 0 saturated carbocycles. The number of nitrogens with one attached hydrogen (secondary N) is 1. The van der Waals surface area contributed by atoms with E-state index < -0.39 is 0 Å². The molecule has 3 aromatic carbocycles. The van der Waals surface area contributed by atoms with Crippen molar-refractivity contribution in [2.24, 2.45) is 0 Å². The van der Waals surface area contributed by atoms with Gasteiger partial charge >= 0.3 is 0 Å². The zero-order chi connectivity index (χ0) is 21.3. The average molecular weight is 444 g/mol. The molecule has 1 unspecified atom stereocenters. The Labute approximate surface area is 188 Å².